The summed E-state index contributed by atoms with van der Waals surface area (Å²) in [5, 5.41) is 0. The third-order valence-corrected chi connectivity index (χ3v) is 2.49. The van der Waals surface area contributed by atoms with Gasteiger partial charge in [-0.3, -0.25) is 0 Å². The average Bonchev–Trinajstić information content (AvgIpc) is 2.04. The number of rotatable bonds is 2. The van der Waals surface area contributed by atoms with Gasteiger partial charge in [0.15, 0.2) is 0 Å². The summed E-state index contributed by atoms with van der Waals surface area (Å²) in [5.41, 5.74) is 3.40. The van der Waals surface area contributed by atoms with E-state index in [2.05, 4.69) is 55.2 Å². The molecule has 0 spiro atoms. The summed E-state index contributed by atoms with van der Waals surface area (Å²) in [5.74, 6) is 0.633. The summed E-state index contributed by atoms with van der Waals surface area (Å²) >= 11 is 0. The van der Waals surface area contributed by atoms with Gasteiger partial charge in [0.2, 0.25) is 0 Å². The van der Waals surface area contributed by atoms with Crippen LogP contribution in [0.4, 0.5) is 0 Å². The Labute approximate surface area is 78.4 Å². The molecule has 0 amide bonds. The monoisotopic (exact) mass is 178 g/mol. The van der Waals surface area contributed by atoms with Gasteiger partial charge in [0.05, 0.1) is 0 Å². The van der Waals surface area contributed by atoms with Gasteiger partial charge in [0, 0.05) is 0 Å². The molecule has 2 unspecified atom stereocenters. The molecule has 1 aromatic rings. The predicted molar refractivity (Wildman–Crippen MR) is 61.5 cm³/mol. The molecular formula is C10H16BP. The van der Waals surface area contributed by atoms with Crippen LogP contribution in [0.5, 0.6) is 0 Å². The highest BCUT2D eigenvalue weighted by atomic mass is 31.0. The molecule has 0 aliphatic carbocycles. The van der Waals surface area contributed by atoms with Crippen LogP contribution in [0, 0.1) is 0 Å². The fourth-order valence-electron chi connectivity index (χ4n) is 1.20. The predicted octanol–water partition coefficient (Wildman–Crippen LogP) is 2.32. The van der Waals surface area contributed by atoms with Crippen LogP contribution in [-0.2, 0) is 0 Å². The van der Waals surface area contributed by atoms with Crippen molar-refractivity contribution in [2.75, 3.05) is 0 Å². The number of hydrogen-bond acceptors (Lipinski definition) is 0. The van der Waals surface area contributed by atoms with Crippen LogP contribution >= 0.6 is 9.24 Å². The Bertz CT molecular complexity index is 233. The maximum atomic E-state index is 2.83. The second kappa shape index (κ2) is 4.09. The molecule has 64 valence electrons. The summed E-state index contributed by atoms with van der Waals surface area (Å²) in [6.07, 6.45) is 0. The molecule has 0 bridgehead atoms. The minimum absolute atomic E-state index is 0.559. The lowest BCUT2D eigenvalue weighted by Crippen LogP contribution is -1.92. The minimum Gasteiger partial charge on any atom is -0.138 e. The fraction of sp³-hybridized carbons (Fsp3) is 0.400. The zero-order chi connectivity index (χ0) is 9.14. The first-order valence-electron chi connectivity index (χ1n) is 4.46. The highest BCUT2D eigenvalue weighted by molar-refractivity contribution is 7.20. The van der Waals surface area contributed by atoms with E-state index in [0.717, 1.165) is 0 Å². The van der Waals surface area contributed by atoms with Gasteiger partial charge in [-0.05, 0) is 22.6 Å². The molecule has 0 aromatic heterocycles. The van der Waals surface area contributed by atoms with Gasteiger partial charge < -0.3 is 0 Å². The largest absolute Gasteiger partial charge is 0.138 e. The first-order chi connectivity index (χ1) is 5.61. The topological polar surface area (TPSA) is 0 Å². The molecule has 0 N–H and O–H groups in total. The molecular weight excluding hydrogens is 162 g/mol. The van der Waals surface area contributed by atoms with Crippen molar-refractivity contribution < 1.29 is 0 Å². The summed E-state index contributed by atoms with van der Waals surface area (Å²) < 4.78 is 0. The third kappa shape index (κ3) is 2.35. The smallest absolute Gasteiger partial charge is 0.116 e. The molecule has 2 heteroatoms. The van der Waals surface area contributed by atoms with Gasteiger partial charge in [-0.15, -0.1) is 9.24 Å². The van der Waals surface area contributed by atoms with Gasteiger partial charge >= 0.3 is 0 Å². The quantitative estimate of drug-likeness (QED) is 0.481. The van der Waals surface area contributed by atoms with Crippen molar-refractivity contribution in [2.24, 2.45) is 0 Å². The number of benzene rings is 1. The summed E-state index contributed by atoms with van der Waals surface area (Å²) in [6.45, 7) is 4.46. The van der Waals surface area contributed by atoms with Crippen molar-refractivity contribution in [2.45, 2.75) is 25.3 Å². The molecule has 1 rings (SSSR count). The molecule has 1 aromatic carbocycles. The van der Waals surface area contributed by atoms with Crippen molar-refractivity contribution >= 4 is 17.1 Å². The second-order valence-corrected chi connectivity index (χ2v) is 4.61. The average molecular weight is 178 g/mol. The van der Waals surface area contributed by atoms with Crippen molar-refractivity contribution in [1.29, 1.82) is 0 Å². The Balaban J connectivity index is 2.96. The van der Waals surface area contributed by atoms with Crippen LogP contribution in [-0.4, -0.2) is 7.85 Å². The van der Waals surface area contributed by atoms with E-state index in [9.17, 15) is 0 Å². The molecule has 0 aliphatic heterocycles. The van der Waals surface area contributed by atoms with E-state index >= 15 is 0 Å². The standard InChI is InChI=1S/C10H16BP/c1-7(2)8-4-3-5-9(6-8)10(11)12/h3-7,10H,11-12H2,1-2H3. The van der Waals surface area contributed by atoms with Crippen molar-refractivity contribution in [3.05, 3.63) is 35.4 Å². The molecule has 0 aliphatic rings. The highest BCUT2D eigenvalue weighted by Gasteiger charge is 2.02. The van der Waals surface area contributed by atoms with E-state index in [-0.39, 0.29) is 0 Å². The Morgan fingerprint density at radius 3 is 2.33 bits per heavy atom. The van der Waals surface area contributed by atoms with Gasteiger partial charge in [-0.1, -0.05) is 38.1 Å². The van der Waals surface area contributed by atoms with Gasteiger partial charge in [-0.2, -0.15) is 0 Å². The first-order valence-corrected chi connectivity index (χ1v) is 5.13. The third-order valence-electron chi connectivity index (χ3n) is 2.10. The Morgan fingerprint density at radius 2 is 1.83 bits per heavy atom. The summed E-state index contributed by atoms with van der Waals surface area (Å²) in [7, 11) is 5.03. The molecule has 2 atom stereocenters. The van der Waals surface area contributed by atoms with Crippen molar-refractivity contribution in [3.8, 4) is 0 Å². The zero-order valence-electron chi connectivity index (χ0n) is 8.04. The Morgan fingerprint density at radius 1 is 1.25 bits per heavy atom. The van der Waals surface area contributed by atoms with E-state index in [1.165, 1.54) is 11.1 Å². The van der Waals surface area contributed by atoms with Crippen molar-refractivity contribution in [3.63, 3.8) is 0 Å². The summed E-state index contributed by atoms with van der Waals surface area (Å²) in [6, 6.07) is 8.82. The van der Waals surface area contributed by atoms with Gasteiger partial charge in [-0.25, -0.2) is 0 Å². The van der Waals surface area contributed by atoms with Crippen LogP contribution in [0.3, 0.4) is 0 Å². The lowest BCUT2D eigenvalue weighted by molar-refractivity contribution is 0.864. The molecule has 0 nitrogen and oxygen atoms in total. The van der Waals surface area contributed by atoms with E-state index in [1.807, 2.05) is 0 Å². The van der Waals surface area contributed by atoms with Crippen LogP contribution in [0.25, 0.3) is 0 Å². The maximum Gasteiger partial charge on any atom is 0.116 e. The molecule has 0 heterocycles. The molecule has 0 saturated heterocycles. The van der Waals surface area contributed by atoms with E-state index in [4.69, 9.17) is 0 Å². The molecule has 0 fully saturated rings. The Kier molecular flexibility index (Phi) is 3.34. The van der Waals surface area contributed by atoms with E-state index in [1.54, 1.807) is 0 Å². The number of hydrogen-bond donors (Lipinski definition) is 0. The van der Waals surface area contributed by atoms with Crippen LogP contribution in [0.1, 0.15) is 36.5 Å². The van der Waals surface area contributed by atoms with E-state index < -0.39 is 0 Å². The minimum atomic E-state index is 0.559. The van der Waals surface area contributed by atoms with Crippen LogP contribution in [0.15, 0.2) is 24.3 Å². The lowest BCUT2D eigenvalue weighted by Gasteiger charge is -2.09. The Hall–Kier alpha value is -0.285. The molecule has 0 radical (unpaired) electrons. The van der Waals surface area contributed by atoms with E-state index in [0.29, 0.717) is 11.5 Å². The normalized spacial score (nSPS) is 13.3. The highest BCUT2D eigenvalue weighted by Crippen LogP contribution is 2.22. The second-order valence-electron chi connectivity index (χ2n) is 3.61. The first kappa shape index (κ1) is 9.80. The lowest BCUT2D eigenvalue weighted by atomic mass is 9.92. The van der Waals surface area contributed by atoms with Crippen LogP contribution < -0.4 is 0 Å². The molecule has 0 saturated carbocycles. The molecule has 12 heavy (non-hydrogen) atoms. The zero-order valence-corrected chi connectivity index (χ0v) is 9.20. The van der Waals surface area contributed by atoms with Gasteiger partial charge in [0.1, 0.15) is 7.85 Å². The fourth-order valence-corrected chi connectivity index (χ4v) is 1.41. The van der Waals surface area contributed by atoms with Gasteiger partial charge in [0.25, 0.3) is 0 Å². The van der Waals surface area contributed by atoms with Crippen LogP contribution in [0.2, 0.25) is 0 Å². The maximum absolute atomic E-state index is 2.83. The summed E-state index contributed by atoms with van der Waals surface area (Å²) in [4.78, 5) is 0. The SMILES string of the molecule is BC(P)c1cccc(C(C)C)c1. The van der Waals surface area contributed by atoms with Crippen molar-refractivity contribution in [1.82, 2.24) is 0 Å².